The van der Waals surface area contributed by atoms with Gasteiger partial charge >= 0.3 is 0 Å². The lowest BCUT2D eigenvalue weighted by molar-refractivity contribution is -0.119. The molecule has 6 nitrogen and oxygen atoms in total. The lowest BCUT2D eigenvalue weighted by Crippen LogP contribution is -2.24. The molecule has 0 saturated heterocycles. The van der Waals surface area contributed by atoms with E-state index in [2.05, 4.69) is 15.6 Å². The van der Waals surface area contributed by atoms with Crippen LogP contribution >= 0.6 is 0 Å². The molecule has 0 radical (unpaired) electrons. The van der Waals surface area contributed by atoms with E-state index in [0.717, 1.165) is 30.6 Å². The molecular formula is C15H21N5O. The van der Waals surface area contributed by atoms with Crippen molar-refractivity contribution in [3.63, 3.8) is 0 Å². The van der Waals surface area contributed by atoms with Crippen molar-refractivity contribution in [2.24, 2.45) is 5.73 Å². The van der Waals surface area contributed by atoms with E-state index in [-0.39, 0.29) is 5.91 Å². The fraction of sp³-hybridized carbons (Fsp3) is 0.400. The van der Waals surface area contributed by atoms with Crippen LogP contribution in [-0.2, 0) is 11.2 Å². The number of nitrogens with one attached hydrogen (secondary N) is 1. The lowest BCUT2D eigenvalue weighted by Gasteiger charge is -2.11. The number of benzene rings is 1. The summed E-state index contributed by atoms with van der Waals surface area (Å²) < 4.78 is 1.59. The minimum Gasteiger partial charge on any atom is -0.330 e. The van der Waals surface area contributed by atoms with Gasteiger partial charge in [0.25, 0.3) is 0 Å². The van der Waals surface area contributed by atoms with Gasteiger partial charge in [-0.3, -0.25) is 4.79 Å². The van der Waals surface area contributed by atoms with Crippen LogP contribution in [0.2, 0.25) is 0 Å². The number of unbranched alkanes of at least 4 members (excludes halogenated alkanes) is 1. The molecule has 1 unspecified atom stereocenters. The summed E-state index contributed by atoms with van der Waals surface area (Å²) in [7, 11) is 0. The second-order valence-corrected chi connectivity index (χ2v) is 4.97. The van der Waals surface area contributed by atoms with Crippen LogP contribution < -0.4 is 11.1 Å². The van der Waals surface area contributed by atoms with Crippen LogP contribution in [0.4, 0.5) is 5.69 Å². The van der Waals surface area contributed by atoms with Crippen molar-refractivity contribution in [3.05, 3.63) is 42.2 Å². The van der Waals surface area contributed by atoms with Gasteiger partial charge in [-0.25, -0.2) is 4.68 Å². The van der Waals surface area contributed by atoms with Crippen molar-refractivity contribution in [2.75, 3.05) is 11.9 Å². The molecule has 0 saturated carbocycles. The highest BCUT2D eigenvalue weighted by molar-refractivity contribution is 5.93. The van der Waals surface area contributed by atoms with E-state index in [4.69, 9.17) is 5.73 Å². The Bertz CT molecular complexity index is 566. The van der Waals surface area contributed by atoms with E-state index < -0.39 is 6.04 Å². The first-order chi connectivity index (χ1) is 10.2. The second kappa shape index (κ2) is 7.54. The monoisotopic (exact) mass is 287 g/mol. The van der Waals surface area contributed by atoms with Gasteiger partial charge in [0, 0.05) is 11.9 Å². The minimum absolute atomic E-state index is 0.111. The molecule has 0 aliphatic rings. The third kappa shape index (κ3) is 4.39. The summed E-state index contributed by atoms with van der Waals surface area (Å²) in [5, 5.41) is 11.0. The highest BCUT2D eigenvalue weighted by Crippen LogP contribution is 2.11. The number of nitrogens with zero attached hydrogens (tertiary/aromatic N) is 3. The highest BCUT2D eigenvalue weighted by Gasteiger charge is 2.16. The molecule has 1 aromatic heterocycles. The average Bonchev–Trinajstić information content (AvgIpc) is 2.96. The molecule has 0 bridgehead atoms. The summed E-state index contributed by atoms with van der Waals surface area (Å²) in [5.74, 6) is -0.111. The molecule has 3 N–H and O–H groups in total. The number of para-hydroxylation sites is 1. The Morgan fingerprint density at radius 1 is 1.33 bits per heavy atom. The van der Waals surface area contributed by atoms with Gasteiger partial charge in [0.1, 0.15) is 6.04 Å². The smallest absolute Gasteiger partial charge is 0.249 e. The molecule has 0 aliphatic heterocycles. The normalized spacial score (nSPS) is 12.1. The number of aromatic nitrogens is 3. The van der Waals surface area contributed by atoms with Crippen molar-refractivity contribution >= 4 is 11.6 Å². The molecule has 0 fully saturated rings. The predicted octanol–water partition coefficient (Wildman–Crippen LogP) is 1.76. The zero-order valence-electron chi connectivity index (χ0n) is 12.2. The van der Waals surface area contributed by atoms with E-state index in [1.54, 1.807) is 11.6 Å². The van der Waals surface area contributed by atoms with E-state index in [9.17, 15) is 4.79 Å². The first-order valence-corrected chi connectivity index (χ1v) is 7.17. The number of nitrogens with two attached hydrogens (primary N) is 1. The molecule has 6 heteroatoms. The van der Waals surface area contributed by atoms with Crippen molar-refractivity contribution in [1.82, 2.24) is 15.0 Å². The first kappa shape index (κ1) is 15.2. The first-order valence-electron chi connectivity index (χ1n) is 7.17. The molecule has 112 valence electrons. The Kier molecular flexibility index (Phi) is 5.45. The van der Waals surface area contributed by atoms with Gasteiger partial charge in [-0.1, -0.05) is 23.4 Å². The van der Waals surface area contributed by atoms with Crippen LogP contribution in [0.1, 0.15) is 31.5 Å². The molecule has 0 aliphatic carbocycles. The molecule has 0 spiro atoms. The number of hydrogen-bond acceptors (Lipinski definition) is 4. The molecule has 2 rings (SSSR count). The Balaban J connectivity index is 1.93. The number of anilines is 1. The fourth-order valence-corrected chi connectivity index (χ4v) is 1.96. The Labute approximate surface area is 124 Å². The summed E-state index contributed by atoms with van der Waals surface area (Å²) in [4.78, 5) is 12.2. The van der Waals surface area contributed by atoms with Crippen molar-refractivity contribution < 1.29 is 4.79 Å². The standard InChI is InChI=1S/C15H21N5O/c1-12(15(21)17-13-7-3-2-4-8-13)20-11-14(18-19-20)9-5-6-10-16/h2-4,7-8,11-12H,5-6,9-10,16H2,1H3,(H,17,21). The molecule has 1 heterocycles. The summed E-state index contributed by atoms with van der Waals surface area (Å²) in [6, 6.07) is 8.97. The largest absolute Gasteiger partial charge is 0.330 e. The molecule has 21 heavy (non-hydrogen) atoms. The zero-order valence-corrected chi connectivity index (χ0v) is 12.2. The van der Waals surface area contributed by atoms with Crippen LogP contribution in [0.5, 0.6) is 0 Å². The van der Waals surface area contributed by atoms with Gasteiger partial charge in [0.2, 0.25) is 5.91 Å². The topological polar surface area (TPSA) is 85.8 Å². The number of carbonyl (C=O) groups is 1. The maximum atomic E-state index is 12.2. The molecular weight excluding hydrogens is 266 g/mol. The minimum atomic E-state index is -0.402. The zero-order chi connectivity index (χ0) is 15.1. The maximum absolute atomic E-state index is 12.2. The number of rotatable bonds is 7. The van der Waals surface area contributed by atoms with Crippen LogP contribution in [0.25, 0.3) is 0 Å². The van der Waals surface area contributed by atoms with Gasteiger partial charge in [-0.05, 0) is 44.9 Å². The van der Waals surface area contributed by atoms with Gasteiger partial charge in [-0.15, -0.1) is 5.10 Å². The second-order valence-electron chi connectivity index (χ2n) is 4.97. The number of aryl methyl sites for hydroxylation is 1. The van der Waals surface area contributed by atoms with Crippen molar-refractivity contribution in [2.45, 2.75) is 32.2 Å². The highest BCUT2D eigenvalue weighted by atomic mass is 16.2. The Morgan fingerprint density at radius 2 is 2.10 bits per heavy atom. The fourth-order valence-electron chi connectivity index (χ4n) is 1.96. The summed E-state index contributed by atoms with van der Waals surface area (Å²) in [6.07, 6.45) is 4.62. The van der Waals surface area contributed by atoms with Crippen LogP contribution in [0, 0.1) is 0 Å². The Hall–Kier alpha value is -2.21. The van der Waals surface area contributed by atoms with Crippen molar-refractivity contribution in [3.8, 4) is 0 Å². The van der Waals surface area contributed by atoms with Gasteiger partial charge in [-0.2, -0.15) is 0 Å². The predicted molar refractivity (Wildman–Crippen MR) is 81.8 cm³/mol. The van der Waals surface area contributed by atoms with Crippen LogP contribution in [-0.4, -0.2) is 27.4 Å². The van der Waals surface area contributed by atoms with Crippen LogP contribution in [0.15, 0.2) is 36.5 Å². The van der Waals surface area contributed by atoms with Gasteiger partial charge < -0.3 is 11.1 Å². The number of carbonyl (C=O) groups excluding carboxylic acids is 1. The van der Waals surface area contributed by atoms with E-state index in [1.807, 2.05) is 36.5 Å². The maximum Gasteiger partial charge on any atom is 0.249 e. The van der Waals surface area contributed by atoms with Gasteiger partial charge in [0.15, 0.2) is 0 Å². The molecule has 1 aromatic carbocycles. The molecule has 1 amide bonds. The summed E-state index contributed by atoms with van der Waals surface area (Å²) >= 11 is 0. The van der Waals surface area contributed by atoms with E-state index in [1.165, 1.54) is 0 Å². The summed E-state index contributed by atoms with van der Waals surface area (Å²) in [5.41, 5.74) is 7.13. The summed E-state index contributed by atoms with van der Waals surface area (Å²) in [6.45, 7) is 2.49. The average molecular weight is 287 g/mol. The third-order valence-electron chi connectivity index (χ3n) is 3.26. The van der Waals surface area contributed by atoms with Crippen LogP contribution in [0.3, 0.4) is 0 Å². The van der Waals surface area contributed by atoms with Gasteiger partial charge in [0.05, 0.1) is 5.69 Å². The molecule has 1 atom stereocenters. The number of hydrogen-bond donors (Lipinski definition) is 2. The SMILES string of the molecule is CC(C(=O)Nc1ccccc1)n1cc(CCCCN)nn1. The number of amides is 1. The third-order valence-corrected chi connectivity index (χ3v) is 3.26. The van der Waals surface area contributed by atoms with E-state index in [0.29, 0.717) is 6.54 Å². The van der Waals surface area contributed by atoms with Crippen molar-refractivity contribution in [1.29, 1.82) is 0 Å². The quantitative estimate of drug-likeness (QED) is 0.760. The lowest BCUT2D eigenvalue weighted by atomic mass is 10.2. The Morgan fingerprint density at radius 3 is 2.81 bits per heavy atom. The molecule has 2 aromatic rings. The van der Waals surface area contributed by atoms with E-state index >= 15 is 0 Å².